The fraction of sp³-hybridized carbons (Fsp3) is 0.308. The maximum atomic E-state index is 5.31. The van der Waals surface area contributed by atoms with Crippen molar-refractivity contribution in [3.05, 3.63) is 45.8 Å². The number of rotatable bonds is 5. The highest BCUT2D eigenvalue weighted by Crippen LogP contribution is 2.22. The Morgan fingerprint density at radius 1 is 1.32 bits per heavy atom. The first-order valence-corrected chi connectivity index (χ1v) is 6.43. The second kappa shape index (κ2) is 7.53. The van der Waals surface area contributed by atoms with E-state index in [-0.39, 0.29) is 12.4 Å². The van der Waals surface area contributed by atoms with Gasteiger partial charge in [-0.05, 0) is 25.1 Å². The van der Waals surface area contributed by atoms with Crippen LogP contribution in [0.2, 0.25) is 0 Å². The molecular weight excluding hydrogens is 332 g/mol. The van der Waals surface area contributed by atoms with Crippen molar-refractivity contribution in [3.8, 4) is 5.75 Å². The van der Waals surface area contributed by atoms with Crippen LogP contribution in [0.4, 0.5) is 0 Å². The molecule has 0 spiro atoms. The fourth-order valence-corrected chi connectivity index (χ4v) is 2.12. The molecule has 0 aliphatic heterocycles. The Bertz CT molecular complexity index is 531. The number of ether oxygens (including phenoxy) is 1. The molecule has 0 saturated heterocycles. The standard InChI is InChI=1S/C13H15BrN2O2.ClH/c1-9-5-12(16-18-9)8-15-7-10-6-11(14)3-4-13(10)17-2;/h3-6,15H,7-8H2,1-2H3;1H. The van der Waals surface area contributed by atoms with Gasteiger partial charge in [-0.2, -0.15) is 0 Å². The van der Waals surface area contributed by atoms with Crippen molar-refractivity contribution in [3.63, 3.8) is 0 Å². The minimum atomic E-state index is 0. The van der Waals surface area contributed by atoms with E-state index in [9.17, 15) is 0 Å². The fourth-order valence-electron chi connectivity index (χ4n) is 1.71. The summed E-state index contributed by atoms with van der Waals surface area (Å²) in [6.07, 6.45) is 0. The lowest BCUT2D eigenvalue weighted by Gasteiger charge is -2.09. The summed E-state index contributed by atoms with van der Waals surface area (Å²) in [5, 5.41) is 7.24. The molecule has 104 valence electrons. The maximum absolute atomic E-state index is 5.31. The average Bonchev–Trinajstić information content (AvgIpc) is 2.75. The zero-order chi connectivity index (χ0) is 13.0. The summed E-state index contributed by atoms with van der Waals surface area (Å²) in [6, 6.07) is 7.87. The number of hydrogen-bond acceptors (Lipinski definition) is 4. The highest BCUT2D eigenvalue weighted by Gasteiger charge is 2.04. The minimum Gasteiger partial charge on any atom is -0.496 e. The Morgan fingerprint density at radius 2 is 2.11 bits per heavy atom. The topological polar surface area (TPSA) is 47.3 Å². The van der Waals surface area contributed by atoms with Crippen LogP contribution >= 0.6 is 28.3 Å². The number of halogens is 2. The van der Waals surface area contributed by atoms with Crippen molar-refractivity contribution >= 4 is 28.3 Å². The molecule has 1 aromatic heterocycles. The number of aromatic nitrogens is 1. The average molecular weight is 348 g/mol. The number of methoxy groups -OCH3 is 1. The predicted octanol–water partition coefficient (Wildman–Crippen LogP) is 3.47. The van der Waals surface area contributed by atoms with Crippen LogP contribution in [0.3, 0.4) is 0 Å². The first-order valence-electron chi connectivity index (χ1n) is 5.64. The second-order valence-electron chi connectivity index (χ2n) is 3.99. The number of nitrogens with one attached hydrogen (secondary N) is 1. The molecule has 1 aromatic carbocycles. The minimum absolute atomic E-state index is 0. The normalized spacial score (nSPS) is 10.1. The Hall–Kier alpha value is -1.04. The van der Waals surface area contributed by atoms with Crippen LogP contribution in [0, 0.1) is 6.92 Å². The molecule has 0 atom stereocenters. The molecule has 0 saturated carbocycles. The third kappa shape index (κ3) is 4.53. The van der Waals surface area contributed by atoms with Gasteiger partial charge in [0.1, 0.15) is 11.5 Å². The van der Waals surface area contributed by atoms with Gasteiger partial charge < -0.3 is 14.6 Å². The summed E-state index contributed by atoms with van der Waals surface area (Å²) >= 11 is 3.45. The molecule has 0 fully saturated rings. The third-order valence-corrected chi connectivity index (χ3v) is 3.03. The molecule has 2 aromatic rings. The summed E-state index contributed by atoms with van der Waals surface area (Å²) in [5.41, 5.74) is 2.01. The van der Waals surface area contributed by atoms with Gasteiger partial charge in [-0.15, -0.1) is 12.4 Å². The van der Waals surface area contributed by atoms with Crippen LogP contribution in [-0.4, -0.2) is 12.3 Å². The molecule has 19 heavy (non-hydrogen) atoms. The van der Waals surface area contributed by atoms with E-state index in [0.717, 1.165) is 27.2 Å². The van der Waals surface area contributed by atoms with Gasteiger partial charge in [0.05, 0.1) is 12.8 Å². The third-order valence-electron chi connectivity index (χ3n) is 2.54. The molecule has 1 heterocycles. The van der Waals surface area contributed by atoms with E-state index in [1.807, 2.05) is 31.2 Å². The lowest BCUT2D eigenvalue weighted by Crippen LogP contribution is -2.13. The van der Waals surface area contributed by atoms with E-state index in [4.69, 9.17) is 9.26 Å². The van der Waals surface area contributed by atoms with Crippen molar-refractivity contribution in [2.75, 3.05) is 7.11 Å². The van der Waals surface area contributed by atoms with E-state index in [1.165, 1.54) is 0 Å². The largest absolute Gasteiger partial charge is 0.496 e. The Kier molecular flexibility index (Phi) is 6.34. The van der Waals surface area contributed by atoms with Crippen molar-refractivity contribution in [1.29, 1.82) is 0 Å². The number of aryl methyl sites for hydroxylation is 1. The van der Waals surface area contributed by atoms with E-state index >= 15 is 0 Å². The first-order chi connectivity index (χ1) is 8.69. The highest BCUT2D eigenvalue weighted by atomic mass is 79.9. The molecule has 0 aliphatic carbocycles. The monoisotopic (exact) mass is 346 g/mol. The molecule has 0 amide bonds. The molecule has 0 unspecified atom stereocenters. The lowest BCUT2D eigenvalue weighted by atomic mass is 10.2. The molecule has 0 radical (unpaired) electrons. The maximum Gasteiger partial charge on any atom is 0.133 e. The summed E-state index contributed by atoms with van der Waals surface area (Å²) in [6.45, 7) is 3.27. The lowest BCUT2D eigenvalue weighted by molar-refractivity contribution is 0.387. The number of benzene rings is 1. The van der Waals surface area contributed by atoms with Gasteiger partial charge in [-0.1, -0.05) is 21.1 Å². The van der Waals surface area contributed by atoms with Gasteiger partial charge in [0.2, 0.25) is 0 Å². The van der Waals surface area contributed by atoms with Crippen LogP contribution in [0.15, 0.2) is 33.3 Å². The van der Waals surface area contributed by atoms with Gasteiger partial charge in [0.15, 0.2) is 0 Å². The molecule has 0 bridgehead atoms. The van der Waals surface area contributed by atoms with Gasteiger partial charge >= 0.3 is 0 Å². The van der Waals surface area contributed by atoms with Crippen molar-refractivity contribution in [2.45, 2.75) is 20.0 Å². The van der Waals surface area contributed by atoms with Crippen LogP contribution < -0.4 is 10.1 Å². The van der Waals surface area contributed by atoms with Crippen LogP contribution in [0.25, 0.3) is 0 Å². The zero-order valence-electron chi connectivity index (χ0n) is 10.8. The smallest absolute Gasteiger partial charge is 0.133 e. The highest BCUT2D eigenvalue weighted by molar-refractivity contribution is 9.10. The second-order valence-corrected chi connectivity index (χ2v) is 4.90. The summed E-state index contributed by atoms with van der Waals surface area (Å²) in [4.78, 5) is 0. The molecular formula is C13H16BrClN2O2. The molecule has 1 N–H and O–H groups in total. The zero-order valence-corrected chi connectivity index (χ0v) is 13.2. The summed E-state index contributed by atoms with van der Waals surface area (Å²) in [5.74, 6) is 1.70. The van der Waals surface area contributed by atoms with Gasteiger partial charge in [0.25, 0.3) is 0 Å². The van der Waals surface area contributed by atoms with E-state index in [1.54, 1.807) is 7.11 Å². The number of hydrogen-bond donors (Lipinski definition) is 1. The molecule has 0 aliphatic rings. The number of nitrogens with zero attached hydrogens (tertiary/aromatic N) is 1. The van der Waals surface area contributed by atoms with Crippen molar-refractivity contribution < 1.29 is 9.26 Å². The Balaban J connectivity index is 0.00000180. The quantitative estimate of drug-likeness (QED) is 0.900. The van der Waals surface area contributed by atoms with E-state index < -0.39 is 0 Å². The molecule has 6 heteroatoms. The Labute approximate surface area is 127 Å². The Morgan fingerprint density at radius 3 is 2.74 bits per heavy atom. The van der Waals surface area contributed by atoms with E-state index in [2.05, 4.69) is 26.4 Å². The summed E-state index contributed by atoms with van der Waals surface area (Å²) in [7, 11) is 1.67. The molecule has 4 nitrogen and oxygen atoms in total. The van der Waals surface area contributed by atoms with Gasteiger partial charge in [0, 0.05) is 29.2 Å². The van der Waals surface area contributed by atoms with Crippen LogP contribution in [0.5, 0.6) is 5.75 Å². The van der Waals surface area contributed by atoms with Crippen molar-refractivity contribution in [2.24, 2.45) is 0 Å². The molecule has 2 rings (SSSR count). The van der Waals surface area contributed by atoms with Crippen LogP contribution in [0.1, 0.15) is 17.0 Å². The van der Waals surface area contributed by atoms with Crippen molar-refractivity contribution in [1.82, 2.24) is 10.5 Å². The van der Waals surface area contributed by atoms with Crippen LogP contribution in [-0.2, 0) is 13.1 Å². The predicted molar refractivity (Wildman–Crippen MR) is 79.7 cm³/mol. The SMILES string of the molecule is COc1ccc(Br)cc1CNCc1cc(C)on1.Cl. The summed E-state index contributed by atoms with van der Waals surface area (Å²) < 4.78 is 11.4. The van der Waals surface area contributed by atoms with Gasteiger partial charge in [-0.25, -0.2) is 0 Å². The van der Waals surface area contributed by atoms with E-state index in [0.29, 0.717) is 13.1 Å². The first kappa shape index (κ1) is 16.0. The van der Waals surface area contributed by atoms with Gasteiger partial charge in [-0.3, -0.25) is 0 Å².